The number of sulfonamides is 1. The highest BCUT2D eigenvalue weighted by Gasteiger charge is 2.31. The van der Waals surface area contributed by atoms with Gasteiger partial charge in [0.2, 0.25) is 0 Å². The van der Waals surface area contributed by atoms with Crippen molar-refractivity contribution < 1.29 is 8.42 Å². The maximum Gasteiger partial charge on any atom is 0.252 e. The van der Waals surface area contributed by atoms with Crippen LogP contribution >= 0.6 is 39.7 Å². The average Bonchev–Trinajstić information content (AvgIpc) is 2.71. The second-order valence-corrected chi connectivity index (χ2v) is 9.49. The van der Waals surface area contributed by atoms with Gasteiger partial charge in [-0.1, -0.05) is 0 Å². The molecule has 1 atom stereocenters. The van der Waals surface area contributed by atoms with E-state index in [4.69, 9.17) is 0 Å². The van der Waals surface area contributed by atoms with E-state index >= 15 is 0 Å². The van der Waals surface area contributed by atoms with E-state index in [0.29, 0.717) is 23.2 Å². The van der Waals surface area contributed by atoms with E-state index in [-0.39, 0.29) is 12.4 Å². The zero-order valence-corrected chi connectivity index (χ0v) is 15.6. The summed E-state index contributed by atoms with van der Waals surface area (Å²) in [6, 6.07) is 1.76. The van der Waals surface area contributed by atoms with Gasteiger partial charge in [0.1, 0.15) is 4.21 Å². The molecule has 0 spiro atoms. The summed E-state index contributed by atoms with van der Waals surface area (Å²) in [5.74, 6) is 0.415. The lowest BCUT2D eigenvalue weighted by Crippen LogP contribution is -2.42. The van der Waals surface area contributed by atoms with E-state index in [0.717, 1.165) is 28.7 Å². The molecule has 1 aromatic rings. The normalized spacial score (nSPS) is 20.6. The first-order valence-electron chi connectivity index (χ1n) is 6.36. The van der Waals surface area contributed by atoms with Crippen molar-refractivity contribution in [2.24, 2.45) is 5.92 Å². The van der Waals surface area contributed by atoms with Gasteiger partial charge in [0.15, 0.2) is 0 Å². The lowest BCUT2D eigenvalue weighted by molar-refractivity contribution is 0.264. The predicted molar refractivity (Wildman–Crippen MR) is 89.4 cm³/mol. The number of hydrogen-bond acceptors (Lipinski definition) is 4. The number of rotatable bonds is 4. The third-order valence-electron chi connectivity index (χ3n) is 3.40. The van der Waals surface area contributed by atoms with Crippen LogP contribution in [-0.2, 0) is 10.0 Å². The van der Waals surface area contributed by atoms with Gasteiger partial charge in [0.05, 0.1) is 3.79 Å². The summed E-state index contributed by atoms with van der Waals surface area (Å²) in [6.45, 7) is 4.05. The van der Waals surface area contributed by atoms with Crippen LogP contribution < -0.4 is 5.32 Å². The molecule has 1 fully saturated rings. The summed E-state index contributed by atoms with van der Waals surface area (Å²) in [4.78, 5) is 0. The van der Waals surface area contributed by atoms with Crippen molar-refractivity contribution in [2.75, 3.05) is 26.7 Å². The molecule has 20 heavy (non-hydrogen) atoms. The van der Waals surface area contributed by atoms with E-state index in [1.165, 1.54) is 11.3 Å². The Hall–Kier alpha value is 0.340. The number of aryl methyl sites for hydroxylation is 1. The second-order valence-electron chi connectivity index (χ2n) is 4.95. The molecule has 1 aliphatic heterocycles. The number of halogens is 2. The molecule has 116 valence electrons. The van der Waals surface area contributed by atoms with E-state index < -0.39 is 10.0 Å². The van der Waals surface area contributed by atoms with Crippen molar-refractivity contribution in [3.05, 3.63) is 15.4 Å². The van der Waals surface area contributed by atoms with Crippen LogP contribution in [0, 0.1) is 12.8 Å². The standard InChI is InChI=1S/C12H19BrN2O2S2.ClH/c1-9-6-11(18-12(9)13)19(16,17)15-5-3-4-10(8-15)7-14-2;/h6,10,14H,3-5,7-8H2,1-2H3;1H. The fourth-order valence-electron chi connectivity index (χ4n) is 2.39. The Morgan fingerprint density at radius 1 is 1.55 bits per heavy atom. The molecule has 0 bridgehead atoms. The van der Waals surface area contributed by atoms with Crippen LogP contribution in [0.3, 0.4) is 0 Å². The zero-order chi connectivity index (χ0) is 14.0. The highest BCUT2D eigenvalue weighted by atomic mass is 79.9. The maximum atomic E-state index is 12.6. The highest BCUT2D eigenvalue weighted by molar-refractivity contribution is 9.11. The van der Waals surface area contributed by atoms with Gasteiger partial charge in [-0.15, -0.1) is 23.7 Å². The molecule has 8 heteroatoms. The molecule has 1 N–H and O–H groups in total. The molecule has 0 saturated carbocycles. The van der Waals surface area contributed by atoms with Crippen LogP contribution in [0.4, 0.5) is 0 Å². The molecule has 1 aromatic heterocycles. The van der Waals surface area contributed by atoms with Crippen LogP contribution in [0.1, 0.15) is 18.4 Å². The Kier molecular flexibility index (Phi) is 6.95. The molecule has 2 heterocycles. The van der Waals surface area contributed by atoms with Crippen LogP contribution in [0.5, 0.6) is 0 Å². The summed E-state index contributed by atoms with van der Waals surface area (Å²) in [5, 5.41) is 3.14. The molecule has 0 aromatic carbocycles. The Labute approximate surface area is 139 Å². The summed E-state index contributed by atoms with van der Waals surface area (Å²) < 4.78 is 28.2. The number of nitrogens with zero attached hydrogens (tertiary/aromatic N) is 1. The quantitative estimate of drug-likeness (QED) is 0.841. The van der Waals surface area contributed by atoms with Crippen LogP contribution in [0.15, 0.2) is 14.1 Å². The predicted octanol–water partition coefficient (Wildman–Crippen LogP) is 2.86. The van der Waals surface area contributed by atoms with Crippen molar-refractivity contribution >= 4 is 49.7 Å². The molecule has 2 rings (SSSR count). The Morgan fingerprint density at radius 3 is 2.80 bits per heavy atom. The monoisotopic (exact) mass is 402 g/mol. The average molecular weight is 404 g/mol. The van der Waals surface area contributed by atoms with Gasteiger partial charge in [-0.2, -0.15) is 4.31 Å². The fourth-order valence-corrected chi connectivity index (χ4v) is 6.32. The molecule has 1 aliphatic rings. The van der Waals surface area contributed by atoms with Gasteiger partial charge in [0.25, 0.3) is 10.0 Å². The van der Waals surface area contributed by atoms with Crippen LogP contribution in [0.2, 0.25) is 0 Å². The minimum Gasteiger partial charge on any atom is -0.319 e. The number of hydrogen-bond donors (Lipinski definition) is 1. The van der Waals surface area contributed by atoms with Crippen molar-refractivity contribution in [1.82, 2.24) is 9.62 Å². The molecule has 0 amide bonds. The highest BCUT2D eigenvalue weighted by Crippen LogP contribution is 2.33. The number of thiophene rings is 1. The summed E-state index contributed by atoms with van der Waals surface area (Å²) in [6.07, 6.45) is 2.04. The lowest BCUT2D eigenvalue weighted by atomic mass is 10.00. The Bertz CT molecular complexity index is 526. The molecule has 0 radical (unpaired) electrons. The number of piperidine rings is 1. The van der Waals surface area contributed by atoms with Gasteiger partial charge in [-0.05, 0) is 66.8 Å². The van der Waals surface area contributed by atoms with E-state index in [1.54, 1.807) is 10.4 Å². The summed E-state index contributed by atoms with van der Waals surface area (Å²) in [7, 11) is -1.41. The van der Waals surface area contributed by atoms with Gasteiger partial charge >= 0.3 is 0 Å². The topological polar surface area (TPSA) is 49.4 Å². The molecule has 1 unspecified atom stereocenters. The minimum atomic E-state index is -3.32. The van der Waals surface area contributed by atoms with Crippen molar-refractivity contribution in [1.29, 1.82) is 0 Å². The van der Waals surface area contributed by atoms with Gasteiger partial charge < -0.3 is 5.32 Å². The van der Waals surface area contributed by atoms with E-state index in [1.807, 2.05) is 14.0 Å². The first kappa shape index (κ1) is 18.4. The molecular formula is C12H20BrClN2O2S2. The molecular weight excluding hydrogens is 384 g/mol. The SMILES string of the molecule is CNCC1CCCN(S(=O)(=O)c2cc(C)c(Br)s2)C1.Cl. The summed E-state index contributed by atoms with van der Waals surface area (Å²) >= 11 is 4.70. The Balaban J connectivity index is 0.00000200. The molecule has 0 aliphatic carbocycles. The largest absolute Gasteiger partial charge is 0.319 e. The first-order chi connectivity index (χ1) is 8.95. The third kappa shape index (κ3) is 3.96. The van der Waals surface area contributed by atoms with Crippen molar-refractivity contribution in [3.63, 3.8) is 0 Å². The molecule has 4 nitrogen and oxygen atoms in total. The zero-order valence-electron chi connectivity index (χ0n) is 11.6. The van der Waals surface area contributed by atoms with Gasteiger partial charge in [-0.3, -0.25) is 0 Å². The lowest BCUT2D eigenvalue weighted by Gasteiger charge is -2.31. The summed E-state index contributed by atoms with van der Waals surface area (Å²) in [5.41, 5.74) is 0.979. The minimum absolute atomic E-state index is 0. The Morgan fingerprint density at radius 2 is 2.25 bits per heavy atom. The van der Waals surface area contributed by atoms with E-state index in [9.17, 15) is 8.42 Å². The molecule has 1 saturated heterocycles. The van der Waals surface area contributed by atoms with Crippen LogP contribution in [0.25, 0.3) is 0 Å². The van der Waals surface area contributed by atoms with Crippen molar-refractivity contribution in [3.8, 4) is 0 Å². The van der Waals surface area contributed by atoms with Gasteiger partial charge in [-0.25, -0.2) is 8.42 Å². The smallest absolute Gasteiger partial charge is 0.252 e. The second kappa shape index (κ2) is 7.56. The fraction of sp³-hybridized carbons (Fsp3) is 0.667. The first-order valence-corrected chi connectivity index (χ1v) is 9.40. The maximum absolute atomic E-state index is 12.6. The van der Waals surface area contributed by atoms with Crippen molar-refractivity contribution in [2.45, 2.75) is 24.0 Å². The number of nitrogens with one attached hydrogen (secondary N) is 1. The van der Waals surface area contributed by atoms with E-state index in [2.05, 4.69) is 21.2 Å². The third-order valence-corrected chi connectivity index (χ3v) is 7.85. The van der Waals surface area contributed by atoms with Gasteiger partial charge in [0, 0.05) is 13.1 Å². The van der Waals surface area contributed by atoms with Crippen LogP contribution in [-0.4, -0.2) is 39.4 Å².